The Morgan fingerprint density at radius 2 is 0.944 bits per heavy atom. The molecule has 0 unspecified atom stereocenters. The Kier molecular flexibility index (Phi) is 8.92. The van der Waals surface area contributed by atoms with E-state index in [-0.39, 0.29) is 11.1 Å². The van der Waals surface area contributed by atoms with Crippen LogP contribution in [0.25, 0.3) is 0 Å². The minimum atomic E-state index is -1.79. The van der Waals surface area contributed by atoms with E-state index in [1.165, 1.54) is 73.0 Å². The second-order valence-electron chi connectivity index (χ2n) is 14.3. The molecule has 3 rings (SSSR count). The van der Waals surface area contributed by atoms with Gasteiger partial charge in [0.15, 0.2) is 0 Å². The fraction of sp³-hybridized carbons (Fsp3) is 0.688. The third-order valence-electron chi connectivity index (χ3n) is 10.5. The first-order chi connectivity index (χ1) is 16.3. The topological polar surface area (TPSA) is 24.1 Å². The molecule has 2 N–H and O–H groups in total. The molecule has 0 aliphatic heterocycles. The van der Waals surface area contributed by atoms with Gasteiger partial charge in [-0.15, -0.1) is 0 Å². The Bertz CT molecular complexity index is 725. The summed E-state index contributed by atoms with van der Waals surface area (Å²) in [4.78, 5) is 8.60. The molecular formula is C32H56N2Si2. The van der Waals surface area contributed by atoms with E-state index in [1.807, 2.05) is 0 Å². The van der Waals surface area contributed by atoms with Crippen LogP contribution in [0.3, 0.4) is 0 Å². The summed E-state index contributed by atoms with van der Waals surface area (Å²) in [6.07, 6.45) is 5.13. The van der Waals surface area contributed by atoms with Gasteiger partial charge in [0.2, 0.25) is 0 Å². The predicted octanol–water partition coefficient (Wildman–Crippen LogP) is 8.31. The maximum absolute atomic E-state index is 4.31. The monoisotopic (exact) mass is 524 g/mol. The minimum absolute atomic E-state index is 0.148. The first kappa shape index (κ1) is 30.9. The lowest BCUT2D eigenvalue weighted by Crippen LogP contribution is -2.65. The predicted molar refractivity (Wildman–Crippen MR) is 163 cm³/mol. The van der Waals surface area contributed by atoms with E-state index >= 15 is 0 Å². The lowest BCUT2D eigenvalue weighted by atomic mass is 9.71. The lowest BCUT2D eigenvalue weighted by molar-refractivity contribution is 0.161. The van der Waals surface area contributed by atoms with Crippen LogP contribution in [0.2, 0.25) is 26.2 Å². The van der Waals surface area contributed by atoms with Crippen LogP contribution < -0.4 is 9.96 Å². The second kappa shape index (κ2) is 10.4. The molecule has 10 radical (unpaired) electrons. The van der Waals surface area contributed by atoms with Gasteiger partial charge in [0.05, 0.1) is 0 Å². The Balaban J connectivity index is 1.65. The molecule has 3 aliphatic carbocycles. The fourth-order valence-electron chi connectivity index (χ4n) is 8.20. The van der Waals surface area contributed by atoms with Crippen molar-refractivity contribution in [3.8, 4) is 0 Å². The van der Waals surface area contributed by atoms with Gasteiger partial charge in [0.25, 0.3) is 0 Å². The molecule has 0 atom stereocenters. The van der Waals surface area contributed by atoms with Gasteiger partial charge >= 0.3 is 0 Å². The Labute approximate surface area is 229 Å². The molecule has 0 amide bonds. The van der Waals surface area contributed by atoms with E-state index < -0.39 is 16.5 Å². The summed E-state index contributed by atoms with van der Waals surface area (Å²) in [7, 11) is -3.55. The van der Waals surface area contributed by atoms with Gasteiger partial charge in [-0.25, -0.2) is 0 Å². The summed E-state index contributed by atoms with van der Waals surface area (Å²) >= 11 is 0. The molecule has 0 heterocycles. The molecule has 2 nitrogen and oxygen atoms in total. The third-order valence-corrected chi connectivity index (χ3v) is 17.0. The van der Waals surface area contributed by atoms with Crippen LogP contribution >= 0.6 is 0 Å². The quantitative estimate of drug-likeness (QED) is 0.327. The highest BCUT2D eigenvalue weighted by Gasteiger charge is 2.55. The van der Waals surface area contributed by atoms with Gasteiger partial charge in [0.1, 0.15) is 16.5 Å². The zero-order valence-electron chi connectivity index (χ0n) is 26.4. The van der Waals surface area contributed by atoms with Gasteiger partial charge in [-0.05, 0) is 111 Å². The Morgan fingerprint density at radius 3 is 1.31 bits per heavy atom. The zero-order chi connectivity index (χ0) is 27.6. The van der Waals surface area contributed by atoms with Crippen molar-refractivity contribution in [2.24, 2.45) is 5.92 Å². The largest absolute Gasteiger partial charge is 0.332 e. The van der Waals surface area contributed by atoms with Crippen molar-refractivity contribution < 1.29 is 0 Å². The number of rotatable bonds is 7. The number of hydrogen-bond donors (Lipinski definition) is 2. The molecule has 36 heavy (non-hydrogen) atoms. The number of nitrogens with one attached hydrogen (secondary N) is 2. The molecule has 0 aromatic heterocycles. The van der Waals surface area contributed by atoms with Crippen LogP contribution in [0.4, 0.5) is 0 Å². The third kappa shape index (κ3) is 5.64. The highest BCUT2D eigenvalue weighted by Crippen LogP contribution is 2.57. The van der Waals surface area contributed by atoms with Crippen molar-refractivity contribution >= 4 is 16.5 Å². The molecule has 0 aromatic rings. The van der Waals surface area contributed by atoms with Crippen molar-refractivity contribution in [3.63, 3.8) is 0 Å². The fourth-order valence-corrected chi connectivity index (χ4v) is 16.5. The van der Waals surface area contributed by atoms with Crippen molar-refractivity contribution in [2.75, 3.05) is 0 Å². The van der Waals surface area contributed by atoms with E-state index in [2.05, 4.69) is 112 Å². The summed E-state index contributed by atoms with van der Waals surface area (Å²) in [6, 6.07) is 0. The molecule has 3 saturated carbocycles. The van der Waals surface area contributed by atoms with E-state index in [4.69, 9.17) is 0 Å². The Morgan fingerprint density at radius 1 is 0.611 bits per heavy atom. The number of hydrogen-bond acceptors (Lipinski definition) is 2. The smallest absolute Gasteiger partial charge is 0.127 e. The van der Waals surface area contributed by atoms with Crippen molar-refractivity contribution in [3.05, 3.63) is 58.4 Å². The van der Waals surface area contributed by atoms with Gasteiger partial charge in [-0.1, -0.05) is 81.6 Å². The van der Waals surface area contributed by atoms with Crippen LogP contribution in [0.1, 0.15) is 102 Å². The summed E-state index contributed by atoms with van der Waals surface area (Å²) in [5.41, 5.74) is 3.68. The molecule has 0 aromatic carbocycles. The zero-order valence-corrected chi connectivity index (χ0v) is 28.4. The summed E-state index contributed by atoms with van der Waals surface area (Å²) < 4.78 is 0. The second-order valence-corrected chi connectivity index (χ2v) is 22.3. The van der Waals surface area contributed by atoms with E-state index in [0.717, 1.165) is 0 Å². The van der Waals surface area contributed by atoms with Gasteiger partial charge in [-0.3, -0.25) is 0 Å². The van der Waals surface area contributed by atoms with E-state index in [9.17, 15) is 0 Å². The highest BCUT2D eigenvalue weighted by atomic mass is 28.3. The standard InChI is InChI=1S/C32H56N2Si2/c1-20-21(2)25(6)29(24(20)5)35(12,13)33-31(9,10)28-16-18-32(11,19-17-28)34-36(14,15)30-26(7)22(3)23(4)27(30)8/h28,33-34H,16-19H2,1-15H3. The Hall–Kier alpha value is 0.354. The highest BCUT2D eigenvalue weighted by molar-refractivity contribution is 6.82. The molecule has 0 spiro atoms. The lowest BCUT2D eigenvalue weighted by Gasteiger charge is -2.51. The first-order valence-corrected chi connectivity index (χ1v) is 20.3. The van der Waals surface area contributed by atoms with E-state index in [1.54, 1.807) is 11.1 Å². The molecule has 3 aliphatic rings. The normalized spacial score (nSPS) is 31.9. The van der Waals surface area contributed by atoms with Gasteiger partial charge in [0, 0.05) is 11.1 Å². The molecule has 0 saturated heterocycles. The molecule has 202 valence electrons. The molecular weight excluding hydrogens is 469 g/mol. The van der Waals surface area contributed by atoms with Crippen molar-refractivity contribution in [1.82, 2.24) is 9.96 Å². The van der Waals surface area contributed by atoms with Crippen molar-refractivity contribution in [2.45, 2.75) is 139 Å². The van der Waals surface area contributed by atoms with Crippen LogP contribution in [0.15, 0.2) is 0 Å². The molecule has 0 bridgehead atoms. The molecule has 3 fully saturated rings. The first-order valence-electron chi connectivity index (χ1n) is 14.3. The summed E-state index contributed by atoms with van der Waals surface area (Å²) in [5.74, 6) is 12.8. The minimum Gasteiger partial charge on any atom is -0.332 e. The average Bonchev–Trinajstić information content (AvgIpc) is 3.06. The van der Waals surface area contributed by atoms with Gasteiger partial charge in [-0.2, -0.15) is 0 Å². The summed E-state index contributed by atoms with van der Waals surface area (Å²) in [6.45, 7) is 36.2. The average molecular weight is 525 g/mol. The van der Waals surface area contributed by atoms with E-state index in [0.29, 0.717) is 5.92 Å². The van der Waals surface area contributed by atoms with Crippen LogP contribution in [0, 0.1) is 64.3 Å². The van der Waals surface area contributed by atoms with Gasteiger partial charge < -0.3 is 9.96 Å². The van der Waals surface area contributed by atoms with Crippen LogP contribution in [-0.4, -0.2) is 27.5 Å². The molecule has 4 heteroatoms. The maximum atomic E-state index is 4.31. The summed E-state index contributed by atoms with van der Waals surface area (Å²) in [5, 5.41) is 0. The SMILES string of the molecule is C[C]1[C](C)[C](C)[C]([Si](C)(C)NC2(C)CCC(C(C)(C)N[Si](C)(C)[C]3[C](C)[C](C)[C](C)[C]3C)CC2)[C]1C. The van der Waals surface area contributed by atoms with Crippen LogP contribution in [0.5, 0.6) is 0 Å². The maximum Gasteiger partial charge on any atom is 0.127 e. The van der Waals surface area contributed by atoms with Crippen molar-refractivity contribution in [1.29, 1.82) is 0 Å². The van der Waals surface area contributed by atoms with Crippen LogP contribution in [-0.2, 0) is 0 Å².